The lowest BCUT2D eigenvalue weighted by atomic mass is 9.56. The standard InChI is InChI=1S/C27H42O9/c1-7-13-26(14-8-2,24(31)34-18-17-33-22(29)11-5)27(15-9-3,16-10-4)25(32)36-20-21(28)19-35-23(30)12-6/h9,11-12,15,21,28H,5-8,10,13-14,16-20H2,1-4H3/b15-9+. The van der Waals surface area contributed by atoms with E-state index in [9.17, 15) is 24.3 Å². The minimum atomic E-state index is -1.37. The van der Waals surface area contributed by atoms with Crippen molar-refractivity contribution in [2.24, 2.45) is 10.8 Å². The van der Waals surface area contributed by atoms with Crippen LogP contribution in [0.2, 0.25) is 0 Å². The fourth-order valence-electron chi connectivity index (χ4n) is 4.40. The highest BCUT2D eigenvalue weighted by atomic mass is 16.6. The van der Waals surface area contributed by atoms with Gasteiger partial charge in [0.1, 0.15) is 37.9 Å². The second-order valence-electron chi connectivity index (χ2n) is 8.40. The SMILES string of the molecule is C=CC(=O)OCCOC(=O)C(CCC)(CCC)C(/C=C/C)(CCC)C(=O)OCC(O)COC(=O)C=C. The zero-order valence-electron chi connectivity index (χ0n) is 22.1. The van der Waals surface area contributed by atoms with Crippen molar-refractivity contribution in [3.63, 3.8) is 0 Å². The highest BCUT2D eigenvalue weighted by Crippen LogP contribution is 2.53. The Kier molecular flexibility index (Phi) is 16.1. The molecule has 204 valence electrons. The van der Waals surface area contributed by atoms with E-state index in [2.05, 4.69) is 13.2 Å². The van der Waals surface area contributed by atoms with Crippen LogP contribution in [-0.2, 0) is 38.1 Å². The molecular weight excluding hydrogens is 468 g/mol. The van der Waals surface area contributed by atoms with Crippen LogP contribution in [0.15, 0.2) is 37.5 Å². The van der Waals surface area contributed by atoms with Crippen LogP contribution in [0.1, 0.15) is 66.2 Å². The smallest absolute Gasteiger partial charge is 0.330 e. The maximum atomic E-state index is 13.7. The molecule has 0 aliphatic rings. The molecule has 9 nitrogen and oxygen atoms in total. The molecule has 0 saturated carbocycles. The third-order valence-electron chi connectivity index (χ3n) is 5.78. The Balaban J connectivity index is 6.12. The first kappa shape index (κ1) is 33.1. The fourth-order valence-corrected chi connectivity index (χ4v) is 4.40. The molecule has 0 aromatic rings. The Hall–Kier alpha value is -2.94. The Morgan fingerprint density at radius 2 is 1.28 bits per heavy atom. The van der Waals surface area contributed by atoms with Gasteiger partial charge in [-0.25, -0.2) is 9.59 Å². The molecule has 0 fully saturated rings. The van der Waals surface area contributed by atoms with Crippen LogP contribution in [-0.4, -0.2) is 61.5 Å². The van der Waals surface area contributed by atoms with Gasteiger partial charge in [0.15, 0.2) is 0 Å². The number of aliphatic hydroxyl groups is 1. The predicted molar refractivity (Wildman–Crippen MR) is 135 cm³/mol. The van der Waals surface area contributed by atoms with Gasteiger partial charge in [-0.2, -0.15) is 0 Å². The maximum Gasteiger partial charge on any atom is 0.330 e. The minimum absolute atomic E-state index is 0.143. The van der Waals surface area contributed by atoms with Crippen LogP contribution >= 0.6 is 0 Å². The molecule has 0 spiro atoms. The van der Waals surface area contributed by atoms with Crippen LogP contribution < -0.4 is 0 Å². The van der Waals surface area contributed by atoms with Crippen molar-refractivity contribution in [3.05, 3.63) is 37.5 Å². The van der Waals surface area contributed by atoms with Gasteiger partial charge in [0.05, 0.1) is 5.41 Å². The lowest BCUT2D eigenvalue weighted by molar-refractivity contribution is -0.183. The molecule has 1 N–H and O–H groups in total. The third-order valence-corrected chi connectivity index (χ3v) is 5.78. The van der Waals surface area contributed by atoms with Gasteiger partial charge in [-0.1, -0.05) is 65.3 Å². The van der Waals surface area contributed by atoms with Crippen LogP contribution in [0.4, 0.5) is 0 Å². The molecule has 0 bridgehead atoms. The highest BCUT2D eigenvalue weighted by Gasteiger charge is 2.59. The summed E-state index contributed by atoms with van der Waals surface area (Å²) in [6.07, 6.45) is 6.89. The average Bonchev–Trinajstić information content (AvgIpc) is 2.87. The summed E-state index contributed by atoms with van der Waals surface area (Å²) in [6, 6.07) is 0. The Morgan fingerprint density at radius 3 is 1.78 bits per heavy atom. The van der Waals surface area contributed by atoms with E-state index in [1.165, 1.54) is 0 Å². The second-order valence-corrected chi connectivity index (χ2v) is 8.40. The maximum absolute atomic E-state index is 13.7. The molecule has 0 aromatic heterocycles. The second kappa shape index (κ2) is 17.5. The fraction of sp³-hybridized carbons (Fsp3) is 0.630. The molecule has 2 unspecified atom stereocenters. The van der Waals surface area contributed by atoms with Crippen molar-refractivity contribution in [1.29, 1.82) is 0 Å². The van der Waals surface area contributed by atoms with Gasteiger partial charge < -0.3 is 24.1 Å². The van der Waals surface area contributed by atoms with E-state index < -0.39 is 47.4 Å². The number of rotatable bonds is 19. The van der Waals surface area contributed by atoms with Gasteiger partial charge in [-0.3, -0.25) is 9.59 Å². The molecule has 0 heterocycles. The Bertz CT molecular complexity index is 765. The van der Waals surface area contributed by atoms with E-state index >= 15 is 0 Å². The van der Waals surface area contributed by atoms with Gasteiger partial charge in [-0.15, -0.1) is 0 Å². The molecular formula is C27H42O9. The first-order valence-corrected chi connectivity index (χ1v) is 12.4. The number of hydrogen-bond donors (Lipinski definition) is 1. The summed E-state index contributed by atoms with van der Waals surface area (Å²) < 4.78 is 20.8. The third kappa shape index (κ3) is 9.26. The summed E-state index contributed by atoms with van der Waals surface area (Å²) in [5.74, 6) is -2.59. The quantitative estimate of drug-likeness (QED) is 0.0907. The van der Waals surface area contributed by atoms with Crippen molar-refractivity contribution in [2.45, 2.75) is 72.3 Å². The van der Waals surface area contributed by atoms with Crippen LogP contribution in [0.3, 0.4) is 0 Å². The van der Waals surface area contributed by atoms with Crippen molar-refractivity contribution in [1.82, 2.24) is 0 Å². The summed E-state index contributed by atoms with van der Waals surface area (Å²) in [6.45, 7) is 13.0. The first-order chi connectivity index (χ1) is 17.1. The molecule has 36 heavy (non-hydrogen) atoms. The number of aliphatic hydroxyl groups excluding tert-OH is 1. The van der Waals surface area contributed by atoms with Crippen LogP contribution in [0.5, 0.6) is 0 Å². The molecule has 0 amide bonds. The predicted octanol–water partition coefficient (Wildman–Crippen LogP) is 3.84. The normalized spacial score (nSPS) is 13.8. The first-order valence-electron chi connectivity index (χ1n) is 12.4. The lowest BCUT2D eigenvalue weighted by Gasteiger charge is -2.45. The van der Waals surface area contributed by atoms with Gasteiger partial charge in [0.2, 0.25) is 0 Å². The molecule has 0 aliphatic carbocycles. The number of ether oxygens (including phenoxy) is 4. The summed E-state index contributed by atoms with van der Waals surface area (Å²) in [5.41, 5.74) is -2.62. The molecule has 0 radical (unpaired) electrons. The number of hydrogen-bond acceptors (Lipinski definition) is 9. The van der Waals surface area contributed by atoms with E-state index in [1.807, 2.05) is 20.8 Å². The van der Waals surface area contributed by atoms with Gasteiger partial charge in [0, 0.05) is 12.2 Å². The zero-order valence-corrected chi connectivity index (χ0v) is 22.1. The van der Waals surface area contributed by atoms with E-state index in [0.29, 0.717) is 38.5 Å². The number of allylic oxidation sites excluding steroid dienone is 1. The lowest BCUT2D eigenvalue weighted by Crippen LogP contribution is -2.53. The van der Waals surface area contributed by atoms with Gasteiger partial charge >= 0.3 is 23.9 Å². The molecule has 0 saturated heterocycles. The summed E-state index contributed by atoms with van der Waals surface area (Å²) >= 11 is 0. The molecule has 0 aliphatic heterocycles. The topological polar surface area (TPSA) is 125 Å². The number of carbonyl (C=O) groups excluding carboxylic acids is 4. The Morgan fingerprint density at radius 1 is 0.778 bits per heavy atom. The number of carbonyl (C=O) groups is 4. The largest absolute Gasteiger partial charge is 0.462 e. The minimum Gasteiger partial charge on any atom is -0.462 e. The summed E-state index contributed by atoms with van der Waals surface area (Å²) in [5, 5.41) is 10.1. The molecule has 2 atom stereocenters. The van der Waals surface area contributed by atoms with E-state index in [4.69, 9.17) is 18.9 Å². The van der Waals surface area contributed by atoms with Crippen LogP contribution in [0.25, 0.3) is 0 Å². The van der Waals surface area contributed by atoms with E-state index in [1.54, 1.807) is 19.1 Å². The summed E-state index contributed by atoms with van der Waals surface area (Å²) in [7, 11) is 0. The monoisotopic (exact) mass is 510 g/mol. The van der Waals surface area contributed by atoms with Crippen LogP contribution in [0, 0.1) is 10.8 Å². The van der Waals surface area contributed by atoms with Gasteiger partial charge in [-0.05, 0) is 26.2 Å². The van der Waals surface area contributed by atoms with Crippen molar-refractivity contribution in [2.75, 3.05) is 26.4 Å². The van der Waals surface area contributed by atoms with Crippen molar-refractivity contribution < 1.29 is 43.2 Å². The summed E-state index contributed by atoms with van der Waals surface area (Å²) in [4.78, 5) is 49.9. The van der Waals surface area contributed by atoms with Crippen molar-refractivity contribution >= 4 is 23.9 Å². The average molecular weight is 511 g/mol. The number of esters is 4. The Labute approximate surface area is 214 Å². The van der Waals surface area contributed by atoms with Gasteiger partial charge in [0.25, 0.3) is 0 Å². The van der Waals surface area contributed by atoms with E-state index in [-0.39, 0.29) is 19.8 Å². The highest BCUT2D eigenvalue weighted by molar-refractivity contribution is 5.90. The zero-order chi connectivity index (χ0) is 27.6. The molecule has 0 rings (SSSR count). The van der Waals surface area contributed by atoms with E-state index in [0.717, 1.165) is 12.2 Å². The molecule has 0 aromatic carbocycles. The van der Waals surface area contributed by atoms with Crippen molar-refractivity contribution in [3.8, 4) is 0 Å². The molecule has 9 heteroatoms.